The molecule has 0 bridgehead atoms. The number of aliphatic carboxylic acids is 1. The summed E-state index contributed by atoms with van der Waals surface area (Å²) >= 11 is 0. The fourth-order valence-corrected chi connectivity index (χ4v) is 5.76. The molecular formula is C30H40N2O6. The number of carbonyl (C=O) groups is 2. The molecule has 2 heterocycles. The summed E-state index contributed by atoms with van der Waals surface area (Å²) in [4.78, 5) is 33.9. The Bertz CT molecular complexity index is 1110. The van der Waals surface area contributed by atoms with Crippen molar-refractivity contribution in [2.24, 2.45) is 5.92 Å². The molecule has 1 fully saturated rings. The number of carboxylic acids is 1. The second-order valence-electron chi connectivity index (χ2n) is 10.1. The predicted octanol–water partition coefficient (Wildman–Crippen LogP) is 4.31. The molecule has 0 radical (unpaired) electrons. The maximum absolute atomic E-state index is 13.4. The van der Waals surface area contributed by atoms with Crippen LogP contribution in [0.5, 0.6) is 11.5 Å². The number of amides is 1. The molecule has 1 saturated heterocycles. The summed E-state index contributed by atoms with van der Waals surface area (Å²) in [6, 6.07) is 13.5. The van der Waals surface area contributed by atoms with Gasteiger partial charge < -0.3 is 14.6 Å². The van der Waals surface area contributed by atoms with Crippen LogP contribution in [0, 0.1) is 5.92 Å². The molecule has 2 aliphatic heterocycles. The van der Waals surface area contributed by atoms with Crippen LogP contribution in [-0.2, 0) is 27.3 Å². The summed E-state index contributed by atoms with van der Waals surface area (Å²) in [6.45, 7) is 6.26. The highest BCUT2D eigenvalue weighted by molar-refractivity contribution is 5.78. The van der Waals surface area contributed by atoms with Gasteiger partial charge in [0.15, 0.2) is 0 Å². The number of benzene rings is 2. The van der Waals surface area contributed by atoms with Crippen molar-refractivity contribution < 1.29 is 29.0 Å². The Morgan fingerprint density at radius 2 is 1.97 bits per heavy atom. The van der Waals surface area contributed by atoms with Crippen LogP contribution in [0.4, 0.5) is 0 Å². The predicted molar refractivity (Wildman–Crippen MR) is 144 cm³/mol. The number of nitrogens with zero attached hydrogens (tertiary/aromatic N) is 2. The molecule has 2 aromatic rings. The van der Waals surface area contributed by atoms with E-state index in [-0.39, 0.29) is 24.4 Å². The van der Waals surface area contributed by atoms with E-state index in [0.29, 0.717) is 39.1 Å². The molecule has 1 amide bonds. The molecule has 2 aromatic carbocycles. The van der Waals surface area contributed by atoms with E-state index in [1.54, 1.807) is 7.11 Å². The van der Waals surface area contributed by atoms with Gasteiger partial charge in [-0.05, 0) is 54.5 Å². The van der Waals surface area contributed by atoms with Gasteiger partial charge in [0.05, 0.1) is 32.8 Å². The molecule has 0 saturated carbocycles. The second-order valence-corrected chi connectivity index (χ2v) is 10.1. The minimum absolute atomic E-state index is 0.120. The Balaban J connectivity index is 1.62. The number of para-hydroxylation sites is 1. The van der Waals surface area contributed by atoms with Gasteiger partial charge in [0.25, 0.3) is 5.91 Å². The fourth-order valence-electron chi connectivity index (χ4n) is 5.76. The number of carbonyl (C=O) groups excluding carboxylic acids is 1. The van der Waals surface area contributed by atoms with Gasteiger partial charge in [-0.15, -0.1) is 0 Å². The first-order valence-corrected chi connectivity index (χ1v) is 13.7. The average Bonchev–Trinajstić information content (AvgIpc) is 3.54. The molecule has 3 atom stereocenters. The molecule has 0 aliphatic carbocycles. The zero-order chi connectivity index (χ0) is 27.1. The van der Waals surface area contributed by atoms with Crippen LogP contribution >= 0.6 is 0 Å². The molecule has 206 valence electrons. The van der Waals surface area contributed by atoms with Crippen molar-refractivity contribution in [3.8, 4) is 11.5 Å². The zero-order valence-electron chi connectivity index (χ0n) is 22.7. The number of hydrogen-bond acceptors (Lipinski definition) is 6. The van der Waals surface area contributed by atoms with Crippen molar-refractivity contribution in [1.29, 1.82) is 0 Å². The van der Waals surface area contributed by atoms with Crippen molar-refractivity contribution >= 4 is 11.9 Å². The molecular weight excluding hydrogens is 484 g/mol. The number of rotatable bonds is 13. The molecule has 38 heavy (non-hydrogen) atoms. The number of hydroxylamine groups is 2. The molecule has 0 spiro atoms. The molecule has 1 N–H and O–H groups in total. The van der Waals surface area contributed by atoms with E-state index in [1.165, 1.54) is 5.06 Å². The third kappa shape index (κ3) is 6.30. The smallest absolute Gasteiger partial charge is 0.308 e. The lowest BCUT2D eigenvalue weighted by atomic mass is 9.83. The molecule has 2 aliphatic rings. The van der Waals surface area contributed by atoms with Crippen molar-refractivity contribution in [3.05, 3.63) is 59.2 Å². The number of likely N-dealkylation sites (tertiary alicyclic amines) is 1. The van der Waals surface area contributed by atoms with Gasteiger partial charge in [0.1, 0.15) is 11.5 Å². The van der Waals surface area contributed by atoms with Crippen molar-refractivity contribution in [2.75, 3.05) is 40.0 Å². The lowest BCUT2D eigenvalue weighted by Gasteiger charge is -2.29. The van der Waals surface area contributed by atoms with Crippen molar-refractivity contribution in [3.63, 3.8) is 0 Å². The quantitative estimate of drug-likeness (QED) is 0.391. The average molecular weight is 525 g/mol. The van der Waals surface area contributed by atoms with E-state index in [1.807, 2.05) is 50.2 Å². The third-order valence-corrected chi connectivity index (χ3v) is 7.57. The van der Waals surface area contributed by atoms with Crippen molar-refractivity contribution in [1.82, 2.24) is 9.96 Å². The summed E-state index contributed by atoms with van der Waals surface area (Å²) < 4.78 is 11.2. The Hall–Kier alpha value is -3.10. The number of methoxy groups -OCH3 is 1. The van der Waals surface area contributed by atoms with Crippen LogP contribution in [-0.4, -0.2) is 72.9 Å². The van der Waals surface area contributed by atoms with Crippen LogP contribution in [0.2, 0.25) is 0 Å². The van der Waals surface area contributed by atoms with Gasteiger partial charge in [0.2, 0.25) is 0 Å². The highest BCUT2D eigenvalue weighted by Gasteiger charge is 2.47. The highest BCUT2D eigenvalue weighted by atomic mass is 16.7. The fraction of sp³-hybridized carbons (Fsp3) is 0.533. The summed E-state index contributed by atoms with van der Waals surface area (Å²) in [5, 5.41) is 11.9. The van der Waals surface area contributed by atoms with Crippen LogP contribution in [0.1, 0.15) is 55.7 Å². The maximum atomic E-state index is 13.4. The summed E-state index contributed by atoms with van der Waals surface area (Å²) in [5.41, 5.74) is 3.14. The summed E-state index contributed by atoms with van der Waals surface area (Å²) in [5.74, 6) is -0.174. The Morgan fingerprint density at radius 1 is 1.16 bits per heavy atom. The largest absolute Gasteiger partial charge is 0.496 e. The Kier molecular flexibility index (Phi) is 9.63. The first-order chi connectivity index (χ1) is 18.5. The van der Waals surface area contributed by atoms with Gasteiger partial charge in [-0.2, -0.15) is 0 Å². The number of fused-ring (bicyclic) bond motifs is 1. The lowest BCUT2D eigenvalue weighted by molar-refractivity contribution is -0.188. The monoisotopic (exact) mass is 524 g/mol. The zero-order valence-corrected chi connectivity index (χ0v) is 22.7. The van der Waals surface area contributed by atoms with E-state index >= 15 is 0 Å². The van der Waals surface area contributed by atoms with Crippen LogP contribution in [0.15, 0.2) is 42.5 Å². The van der Waals surface area contributed by atoms with Gasteiger partial charge in [-0.3, -0.25) is 19.3 Å². The second kappa shape index (κ2) is 13.1. The van der Waals surface area contributed by atoms with E-state index in [4.69, 9.17) is 14.3 Å². The van der Waals surface area contributed by atoms with Crippen LogP contribution in [0.25, 0.3) is 0 Å². The molecule has 8 nitrogen and oxygen atoms in total. The van der Waals surface area contributed by atoms with Crippen molar-refractivity contribution in [2.45, 2.75) is 57.9 Å². The SMILES string of the molecule is CCCON(CCC)C(=O)CN1C[C@H](c2ccc3c(c2)CCO3)[C@@H](C(=O)O)C1CCc1ccccc1OC. The number of carboxylic acid groups (broad SMARTS) is 1. The van der Waals surface area contributed by atoms with E-state index < -0.39 is 11.9 Å². The molecule has 1 unspecified atom stereocenters. The van der Waals surface area contributed by atoms with Crippen LogP contribution in [0.3, 0.4) is 0 Å². The maximum Gasteiger partial charge on any atom is 0.308 e. The van der Waals surface area contributed by atoms with Gasteiger partial charge in [-0.25, -0.2) is 5.06 Å². The van der Waals surface area contributed by atoms with Crippen LogP contribution < -0.4 is 9.47 Å². The standard InChI is InChI=1S/C30H40N2O6/c1-4-15-32(38-16-5-2)28(33)20-31-19-24(22-11-13-27-23(18-22)14-17-37-27)29(30(34)35)25(31)12-10-21-8-6-7-9-26(21)36-3/h6-9,11,13,18,24-25,29H,4-5,10,12,14-17,19-20H2,1-3H3,(H,34,35)/t24-,25?,29-/m1/s1. The van der Waals surface area contributed by atoms with E-state index in [0.717, 1.165) is 47.5 Å². The molecule has 8 heteroatoms. The minimum Gasteiger partial charge on any atom is -0.496 e. The Morgan fingerprint density at radius 3 is 2.71 bits per heavy atom. The minimum atomic E-state index is -0.834. The van der Waals surface area contributed by atoms with E-state index in [9.17, 15) is 14.7 Å². The first kappa shape index (κ1) is 27.9. The molecule has 0 aromatic heterocycles. The lowest BCUT2D eigenvalue weighted by Crippen LogP contribution is -2.44. The Labute approximate surface area is 225 Å². The van der Waals surface area contributed by atoms with Gasteiger partial charge in [0, 0.05) is 31.5 Å². The normalized spacial score (nSPS) is 20.7. The van der Waals surface area contributed by atoms with Gasteiger partial charge in [-0.1, -0.05) is 44.2 Å². The topological polar surface area (TPSA) is 88.5 Å². The number of ether oxygens (including phenoxy) is 2. The number of aryl methyl sites for hydroxylation is 1. The summed E-state index contributed by atoms with van der Waals surface area (Å²) in [7, 11) is 1.64. The third-order valence-electron chi connectivity index (χ3n) is 7.57. The highest BCUT2D eigenvalue weighted by Crippen LogP contribution is 2.41. The first-order valence-electron chi connectivity index (χ1n) is 13.7. The van der Waals surface area contributed by atoms with Gasteiger partial charge >= 0.3 is 5.97 Å². The number of hydrogen-bond donors (Lipinski definition) is 1. The van der Waals surface area contributed by atoms with E-state index in [2.05, 4.69) is 11.0 Å². The summed E-state index contributed by atoms with van der Waals surface area (Å²) in [6.07, 6.45) is 3.67. The molecule has 4 rings (SSSR count).